The number of ether oxygens (including phenoxy) is 1. The van der Waals surface area contributed by atoms with Gasteiger partial charge >= 0.3 is 5.97 Å². The minimum absolute atomic E-state index is 0.248. The van der Waals surface area contributed by atoms with E-state index in [-0.39, 0.29) is 11.6 Å². The third kappa shape index (κ3) is 4.92. The number of nitrogens with zero attached hydrogens (tertiary/aromatic N) is 3. The molecule has 1 N–H and O–H groups in total. The minimum Gasteiger partial charge on any atom is -0.461 e. The van der Waals surface area contributed by atoms with Gasteiger partial charge in [0.25, 0.3) is 0 Å². The Morgan fingerprint density at radius 2 is 2.31 bits per heavy atom. The summed E-state index contributed by atoms with van der Waals surface area (Å²) < 4.78 is 5.94. The van der Waals surface area contributed by atoms with E-state index in [2.05, 4.69) is 32.6 Å². The zero-order chi connectivity index (χ0) is 19.1. The highest BCUT2D eigenvalue weighted by Gasteiger charge is 2.21. The third-order valence-electron chi connectivity index (χ3n) is 3.49. The van der Waals surface area contributed by atoms with E-state index in [9.17, 15) is 10.0 Å². The van der Waals surface area contributed by atoms with Crippen molar-refractivity contribution in [2.24, 2.45) is 5.16 Å². The number of hydrogen-bond donors (Lipinski definition) is 1. The van der Waals surface area contributed by atoms with Crippen LogP contribution in [-0.4, -0.2) is 41.6 Å². The van der Waals surface area contributed by atoms with Gasteiger partial charge in [-0.3, -0.25) is 0 Å². The molecule has 138 valence electrons. The van der Waals surface area contributed by atoms with Gasteiger partial charge in [0.1, 0.15) is 5.71 Å². The first kappa shape index (κ1) is 20.1. The quantitative estimate of drug-likeness (QED) is 0.219. The van der Waals surface area contributed by atoms with Crippen LogP contribution < -0.4 is 4.90 Å². The lowest BCUT2D eigenvalue weighted by atomic mass is 10.2. The number of aromatic nitrogens is 1. The first-order valence-corrected chi connectivity index (χ1v) is 9.58. The molecule has 1 aromatic carbocycles. The molecule has 6 nitrogen and oxygen atoms in total. The predicted molar refractivity (Wildman–Crippen MR) is 108 cm³/mol. The molecule has 0 bridgehead atoms. The predicted octanol–water partition coefficient (Wildman–Crippen LogP) is 4.26. The lowest BCUT2D eigenvalue weighted by Gasteiger charge is -2.23. The summed E-state index contributed by atoms with van der Waals surface area (Å²) in [5.74, 6) is -0.473. The van der Waals surface area contributed by atoms with Gasteiger partial charge in [0.05, 0.1) is 23.7 Å². The molecule has 26 heavy (non-hydrogen) atoms. The average molecular weight is 438 g/mol. The van der Waals surface area contributed by atoms with Crippen molar-refractivity contribution in [2.45, 2.75) is 13.8 Å². The molecule has 1 heterocycles. The number of carbonyl (C=O) groups excluding carboxylic acids is 1. The largest absolute Gasteiger partial charge is 0.461 e. The minimum atomic E-state index is -0.473. The molecule has 2 rings (SSSR count). The zero-order valence-corrected chi connectivity index (χ0v) is 17.0. The highest BCUT2D eigenvalue weighted by molar-refractivity contribution is 9.10. The molecule has 0 atom stereocenters. The number of carbonyl (C=O) groups is 1. The van der Waals surface area contributed by atoms with Crippen LogP contribution in [0.5, 0.6) is 0 Å². The maximum absolute atomic E-state index is 11.9. The van der Waals surface area contributed by atoms with Gasteiger partial charge in [0, 0.05) is 16.7 Å². The summed E-state index contributed by atoms with van der Waals surface area (Å²) in [5.41, 5.74) is 2.00. The fraction of sp³-hybridized carbons (Fsp3) is 0.278. The summed E-state index contributed by atoms with van der Waals surface area (Å²) in [6.45, 7) is 8.50. The Hall–Kier alpha value is -2.19. The van der Waals surface area contributed by atoms with E-state index in [1.165, 1.54) is 0 Å². The molecule has 0 amide bonds. The molecular weight excluding hydrogens is 418 g/mol. The maximum atomic E-state index is 11.9. The first-order chi connectivity index (χ1) is 12.5. The fourth-order valence-electron chi connectivity index (χ4n) is 2.36. The van der Waals surface area contributed by atoms with Crippen molar-refractivity contribution in [2.75, 3.05) is 24.6 Å². The van der Waals surface area contributed by atoms with Gasteiger partial charge in [0.2, 0.25) is 5.01 Å². The van der Waals surface area contributed by atoms with Crippen LogP contribution in [0.3, 0.4) is 0 Å². The van der Waals surface area contributed by atoms with E-state index in [1.807, 2.05) is 29.2 Å². The third-order valence-corrected chi connectivity index (χ3v) is 5.17. The zero-order valence-electron chi connectivity index (χ0n) is 14.6. The Morgan fingerprint density at radius 3 is 2.92 bits per heavy atom. The Kier molecular flexibility index (Phi) is 7.35. The molecule has 0 spiro atoms. The molecule has 2 aromatic rings. The normalized spacial score (nSPS) is 11.3. The first-order valence-electron chi connectivity index (χ1n) is 7.97. The van der Waals surface area contributed by atoms with E-state index in [0.717, 1.165) is 21.5 Å². The molecule has 0 aliphatic carbocycles. The van der Waals surface area contributed by atoms with Gasteiger partial charge in [-0.1, -0.05) is 33.2 Å². The summed E-state index contributed by atoms with van der Waals surface area (Å²) in [5, 5.41) is 13.3. The highest BCUT2D eigenvalue weighted by Crippen LogP contribution is 2.24. The molecule has 0 aliphatic heterocycles. The van der Waals surface area contributed by atoms with Gasteiger partial charge in [-0.2, -0.15) is 0 Å². The maximum Gasteiger partial charge on any atom is 0.367 e. The SMILES string of the molecule is C=CCN(CC(=NO)c1sc(C(=O)OCC)nc1C)c1cccc(Br)c1. The molecule has 0 saturated carbocycles. The van der Waals surface area contributed by atoms with Crippen molar-refractivity contribution in [3.63, 3.8) is 0 Å². The number of benzene rings is 1. The number of halogens is 1. The van der Waals surface area contributed by atoms with Crippen LogP contribution in [0.2, 0.25) is 0 Å². The van der Waals surface area contributed by atoms with Crippen molar-refractivity contribution in [1.82, 2.24) is 4.98 Å². The number of oxime groups is 1. The number of anilines is 1. The van der Waals surface area contributed by atoms with Gasteiger partial charge in [-0.25, -0.2) is 9.78 Å². The number of esters is 1. The van der Waals surface area contributed by atoms with E-state index in [1.54, 1.807) is 19.9 Å². The van der Waals surface area contributed by atoms with Crippen LogP contribution in [0.4, 0.5) is 5.69 Å². The van der Waals surface area contributed by atoms with Crippen LogP contribution >= 0.6 is 27.3 Å². The van der Waals surface area contributed by atoms with Crippen molar-refractivity contribution < 1.29 is 14.7 Å². The number of rotatable bonds is 8. The van der Waals surface area contributed by atoms with Crippen molar-refractivity contribution >= 4 is 44.6 Å². The van der Waals surface area contributed by atoms with Gasteiger partial charge in [-0.15, -0.1) is 17.9 Å². The topological polar surface area (TPSA) is 75.0 Å². The van der Waals surface area contributed by atoms with Gasteiger partial charge in [0.15, 0.2) is 0 Å². The molecule has 0 saturated heterocycles. The summed E-state index contributed by atoms with van der Waals surface area (Å²) in [6.07, 6.45) is 1.78. The monoisotopic (exact) mass is 437 g/mol. The molecule has 0 radical (unpaired) electrons. The van der Waals surface area contributed by atoms with Crippen molar-refractivity contribution in [1.29, 1.82) is 0 Å². The van der Waals surface area contributed by atoms with E-state index in [4.69, 9.17) is 4.74 Å². The second-order valence-corrected chi connectivity index (χ2v) is 7.26. The Labute approximate surface area is 164 Å². The molecule has 0 aliphatic rings. The van der Waals surface area contributed by atoms with Crippen LogP contribution in [0.25, 0.3) is 0 Å². The Balaban J connectivity index is 2.30. The van der Waals surface area contributed by atoms with Crippen LogP contribution in [0.1, 0.15) is 27.3 Å². The number of thiazole rings is 1. The van der Waals surface area contributed by atoms with Gasteiger partial charge < -0.3 is 14.8 Å². The van der Waals surface area contributed by atoms with Crippen LogP contribution in [-0.2, 0) is 4.74 Å². The Morgan fingerprint density at radius 1 is 1.54 bits per heavy atom. The van der Waals surface area contributed by atoms with Crippen LogP contribution in [0, 0.1) is 6.92 Å². The van der Waals surface area contributed by atoms with E-state index < -0.39 is 5.97 Å². The smallest absolute Gasteiger partial charge is 0.367 e. The molecule has 8 heteroatoms. The summed E-state index contributed by atoms with van der Waals surface area (Å²) in [4.78, 5) is 18.8. The summed E-state index contributed by atoms with van der Waals surface area (Å²) >= 11 is 4.62. The Bertz CT molecular complexity index is 820. The number of aryl methyl sites for hydroxylation is 1. The molecule has 0 unspecified atom stereocenters. The molecule has 1 aromatic heterocycles. The van der Waals surface area contributed by atoms with Crippen molar-refractivity contribution in [3.05, 3.63) is 57.0 Å². The second kappa shape index (κ2) is 9.49. The van der Waals surface area contributed by atoms with Crippen molar-refractivity contribution in [3.8, 4) is 0 Å². The fourth-order valence-corrected chi connectivity index (χ4v) is 3.69. The standard InChI is InChI=1S/C18H20BrN3O3S/c1-4-9-22(14-8-6-7-13(19)10-14)11-15(21-24)16-12(3)20-17(26-16)18(23)25-5-2/h4,6-8,10,24H,1,5,9,11H2,2-3H3. The highest BCUT2D eigenvalue weighted by atomic mass is 79.9. The van der Waals surface area contributed by atoms with E-state index in [0.29, 0.717) is 29.4 Å². The summed E-state index contributed by atoms with van der Waals surface area (Å²) in [6, 6.07) is 7.81. The lowest BCUT2D eigenvalue weighted by Crippen LogP contribution is -2.30. The molecule has 0 fully saturated rings. The lowest BCUT2D eigenvalue weighted by molar-refractivity contribution is 0.0525. The van der Waals surface area contributed by atoms with E-state index >= 15 is 0 Å². The summed E-state index contributed by atoms with van der Waals surface area (Å²) in [7, 11) is 0. The second-order valence-electron chi connectivity index (χ2n) is 5.35. The van der Waals surface area contributed by atoms with Crippen LogP contribution in [0.15, 0.2) is 46.5 Å². The molecular formula is C18H20BrN3O3S. The average Bonchev–Trinajstić information content (AvgIpc) is 3.00. The number of hydrogen-bond acceptors (Lipinski definition) is 7. The van der Waals surface area contributed by atoms with Gasteiger partial charge in [-0.05, 0) is 32.0 Å².